The van der Waals surface area contributed by atoms with Gasteiger partial charge >= 0.3 is 0 Å². The molecule has 0 spiro atoms. The van der Waals surface area contributed by atoms with E-state index in [1.54, 1.807) is 35.5 Å². The third-order valence-electron chi connectivity index (χ3n) is 5.90. The van der Waals surface area contributed by atoms with E-state index in [0.29, 0.717) is 18.0 Å². The van der Waals surface area contributed by atoms with Crippen molar-refractivity contribution in [2.24, 2.45) is 0 Å². The Kier molecular flexibility index (Phi) is 7.82. The number of halogens is 1. The zero-order valence-electron chi connectivity index (χ0n) is 19.5. The standard InChI is InChI=1S/C27H27FN2O4S/c1-3-12-29(27(32)19-6-4-7-20(28)15-19)17-26(31)30-13-10-25-23(11-14-35-25)24(30)18-34-22-9-5-8-21(16-22)33-2/h3-9,11,14-16,24H,1,10,12-13,17-18H2,2H3/t24-/m1/s1. The van der Waals surface area contributed by atoms with E-state index in [2.05, 4.69) is 6.58 Å². The molecule has 4 rings (SSSR count). The second-order valence-corrected chi connectivity index (χ2v) is 9.13. The van der Waals surface area contributed by atoms with E-state index in [4.69, 9.17) is 9.47 Å². The van der Waals surface area contributed by atoms with Crippen molar-refractivity contribution in [1.29, 1.82) is 0 Å². The lowest BCUT2D eigenvalue weighted by Gasteiger charge is -2.37. The number of carbonyl (C=O) groups is 2. The lowest BCUT2D eigenvalue weighted by Crippen LogP contribution is -2.47. The second kappa shape index (κ2) is 11.2. The molecule has 0 saturated carbocycles. The van der Waals surface area contributed by atoms with Gasteiger partial charge in [-0.15, -0.1) is 17.9 Å². The van der Waals surface area contributed by atoms with Gasteiger partial charge in [0.05, 0.1) is 13.2 Å². The molecule has 2 amide bonds. The largest absolute Gasteiger partial charge is 0.497 e. The third-order valence-corrected chi connectivity index (χ3v) is 6.90. The molecule has 1 aliphatic heterocycles. The van der Waals surface area contributed by atoms with Crippen molar-refractivity contribution in [3.8, 4) is 11.5 Å². The first kappa shape index (κ1) is 24.5. The fraction of sp³-hybridized carbons (Fsp3) is 0.259. The van der Waals surface area contributed by atoms with Crippen molar-refractivity contribution in [2.45, 2.75) is 12.5 Å². The van der Waals surface area contributed by atoms with Gasteiger partial charge in [0.15, 0.2) is 0 Å². The summed E-state index contributed by atoms with van der Waals surface area (Å²) in [5, 5.41) is 2.02. The molecule has 182 valence electrons. The summed E-state index contributed by atoms with van der Waals surface area (Å²) in [6.45, 7) is 4.52. The van der Waals surface area contributed by atoms with Crippen molar-refractivity contribution >= 4 is 23.2 Å². The predicted molar refractivity (Wildman–Crippen MR) is 133 cm³/mol. The van der Waals surface area contributed by atoms with E-state index >= 15 is 0 Å². The number of ether oxygens (including phenoxy) is 2. The number of thiophene rings is 1. The van der Waals surface area contributed by atoms with E-state index in [1.165, 1.54) is 34.0 Å². The van der Waals surface area contributed by atoms with Gasteiger partial charge in [-0.05, 0) is 53.8 Å². The molecule has 0 unspecified atom stereocenters. The number of benzene rings is 2. The Balaban J connectivity index is 1.52. The molecule has 2 aromatic carbocycles. The molecule has 0 fully saturated rings. The number of rotatable bonds is 9. The molecule has 1 atom stereocenters. The average Bonchev–Trinajstić information content (AvgIpc) is 3.36. The summed E-state index contributed by atoms with van der Waals surface area (Å²) in [7, 11) is 1.60. The van der Waals surface area contributed by atoms with Crippen LogP contribution in [-0.4, -0.2) is 55.0 Å². The van der Waals surface area contributed by atoms with Crippen LogP contribution in [0.3, 0.4) is 0 Å². The van der Waals surface area contributed by atoms with Crippen LogP contribution in [0.2, 0.25) is 0 Å². The van der Waals surface area contributed by atoms with E-state index < -0.39 is 11.7 Å². The number of carbonyl (C=O) groups excluding carboxylic acids is 2. The minimum Gasteiger partial charge on any atom is -0.497 e. The van der Waals surface area contributed by atoms with Crippen molar-refractivity contribution in [1.82, 2.24) is 9.80 Å². The number of hydrogen-bond donors (Lipinski definition) is 0. The highest BCUT2D eigenvalue weighted by molar-refractivity contribution is 7.10. The van der Waals surface area contributed by atoms with E-state index in [1.807, 2.05) is 29.6 Å². The normalized spacial score (nSPS) is 14.7. The van der Waals surface area contributed by atoms with Crippen LogP contribution in [0.1, 0.15) is 26.8 Å². The van der Waals surface area contributed by atoms with Crippen molar-refractivity contribution in [3.63, 3.8) is 0 Å². The fourth-order valence-electron chi connectivity index (χ4n) is 4.17. The van der Waals surface area contributed by atoms with Crippen molar-refractivity contribution < 1.29 is 23.5 Å². The second-order valence-electron chi connectivity index (χ2n) is 8.13. The minimum absolute atomic E-state index is 0.142. The highest BCUT2D eigenvalue weighted by Gasteiger charge is 2.33. The van der Waals surface area contributed by atoms with Crippen LogP contribution in [0, 0.1) is 5.82 Å². The van der Waals surface area contributed by atoms with Gasteiger partial charge in [-0.25, -0.2) is 4.39 Å². The zero-order chi connectivity index (χ0) is 24.8. The summed E-state index contributed by atoms with van der Waals surface area (Å²) in [6.07, 6.45) is 2.30. The Labute approximate surface area is 208 Å². The van der Waals surface area contributed by atoms with Gasteiger partial charge in [0.25, 0.3) is 5.91 Å². The third kappa shape index (κ3) is 5.71. The molecule has 8 heteroatoms. The highest BCUT2D eigenvalue weighted by atomic mass is 32.1. The molecule has 6 nitrogen and oxygen atoms in total. The summed E-state index contributed by atoms with van der Waals surface area (Å²) < 4.78 is 25.0. The van der Waals surface area contributed by atoms with E-state index in [-0.39, 0.29) is 37.2 Å². The summed E-state index contributed by atoms with van der Waals surface area (Å²) >= 11 is 1.67. The van der Waals surface area contributed by atoms with Gasteiger partial charge in [0, 0.05) is 29.6 Å². The molecule has 2 heterocycles. The van der Waals surface area contributed by atoms with Gasteiger partial charge in [-0.2, -0.15) is 0 Å². The smallest absolute Gasteiger partial charge is 0.254 e. The average molecular weight is 495 g/mol. The first-order valence-corrected chi connectivity index (χ1v) is 12.2. The first-order chi connectivity index (χ1) is 17.0. The van der Waals surface area contributed by atoms with Crippen molar-refractivity contribution in [3.05, 3.63) is 94.5 Å². The quantitative estimate of drug-likeness (QED) is 0.404. The summed E-state index contributed by atoms with van der Waals surface area (Å²) in [4.78, 5) is 30.9. The maximum Gasteiger partial charge on any atom is 0.254 e. The maximum absolute atomic E-state index is 13.7. The van der Waals surface area contributed by atoms with Gasteiger partial charge in [0.1, 0.15) is 30.5 Å². The molecular formula is C27H27FN2O4S. The molecule has 0 radical (unpaired) electrons. The Morgan fingerprint density at radius 2 is 2.00 bits per heavy atom. The van der Waals surface area contributed by atoms with Gasteiger partial charge in [0.2, 0.25) is 5.91 Å². The van der Waals surface area contributed by atoms with Crippen LogP contribution in [0.5, 0.6) is 11.5 Å². The minimum atomic E-state index is -0.503. The molecule has 3 aromatic rings. The van der Waals surface area contributed by atoms with Crippen molar-refractivity contribution in [2.75, 3.05) is 33.4 Å². The molecule has 0 N–H and O–H groups in total. The van der Waals surface area contributed by atoms with Gasteiger partial charge in [-0.3, -0.25) is 9.59 Å². The van der Waals surface area contributed by atoms with Gasteiger partial charge < -0.3 is 19.3 Å². The number of hydrogen-bond acceptors (Lipinski definition) is 5. The number of amides is 2. The number of methoxy groups -OCH3 is 1. The summed E-state index contributed by atoms with van der Waals surface area (Å²) in [5.74, 6) is 0.208. The van der Waals surface area contributed by atoms with Crippen LogP contribution in [0.15, 0.2) is 72.6 Å². The number of nitrogens with zero attached hydrogens (tertiary/aromatic N) is 2. The Morgan fingerprint density at radius 1 is 1.20 bits per heavy atom. The highest BCUT2D eigenvalue weighted by Crippen LogP contribution is 2.34. The Bertz CT molecular complexity index is 1210. The van der Waals surface area contributed by atoms with Crippen LogP contribution in [-0.2, 0) is 11.2 Å². The fourth-order valence-corrected chi connectivity index (χ4v) is 5.10. The Morgan fingerprint density at radius 3 is 2.77 bits per heavy atom. The van der Waals surface area contributed by atoms with Crippen LogP contribution in [0.4, 0.5) is 4.39 Å². The topological polar surface area (TPSA) is 59.1 Å². The lowest BCUT2D eigenvalue weighted by atomic mass is 10.0. The van der Waals surface area contributed by atoms with Crippen LogP contribution < -0.4 is 9.47 Å². The molecule has 0 saturated heterocycles. The Hall–Kier alpha value is -3.65. The summed E-state index contributed by atoms with van der Waals surface area (Å²) in [6, 6.07) is 14.5. The summed E-state index contributed by atoms with van der Waals surface area (Å²) in [5.41, 5.74) is 1.25. The van der Waals surface area contributed by atoms with E-state index in [0.717, 1.165) is 12.0 Å². The molecule has 0 aliphatic carbocycles. The molecule has 1 aliphatic rings. The van der Waals surface area contributed by atoms with Crippen LogP contribution >= 0.6 is 11.3 Å². The predicted octanol–water partition coefficient (Wildman–Crippen LogP) is 4.73. The monoisotopic (exact) mass is 494 g/mol. The first-order valence-electron chi connectivity index (χ1n) is 11.3. The number of fused-ring (bicyclic) bond motifs is 1. The van der Waals surface area contributed by atoms with Crippen LogP contribution in [0.25, 0.3) is 0 Å². The van der Waals surface area contributed by atoms with Gasteiger partial charge in [-0.1, -0.05) is 18.2 Å². The maximum atomic E-state index is 13.7. The lowest BCUT2D eigenvalue weighted by molar-refractivity contribution is -0.135. The zero-order valence-corrected chi connectivity index (χ0v) is 20.3. The molecular weight excluding hydrogens is 467 g/mol. The molecule has 1 aromatic heterocycles. The molecule has 35 heavy (non-hydrogen) atoms. The SMILES string of the molecule is C=CCN(CC(=O)N1CCc2sccc2[C@H]1COc1cccc(OC)c1)C(=O)c1cccc(F)c1. The van der Waals surface area contributed by atoms with E-state index in [9.17, 15) is 14.0 Å². The molecule has 0 bridgehead atoms.